The van der Waals surface area contributed by atoms with Gasteiger partial charge in [0.25, 0.3) is 5.91 Å². The number of hydrogen-bond donors (Lipinski definition) is 0. The third kappa shape index (κ3) is 3.01. The second-order valence-corrected chi connectivity index (χ2v) is 5.67. The molecule has 0 radical (unpaired) electrons. The Morgan fingerprint density at radius 3 is 2.68 bits per heavy atom. The van der Waals surface area contributed by atoms with E-state index in [2.05, 4.69) is 0 Å². The number of halogens is 1. The number of nitrogens with zero attached hydrogens (tertiary/aromatic N) is 1. The fraction of sp³-hybridized carbons (Fsp3) is 0.267. The summed E-state index contributed by atoms with van der Waals surface area (Å²) >= 11 is 1.61. The van der Waals surface area contributed by atoms with Crippen LogP contribution >= 0.6 is 11.3 Å². The van der Waals surface area contributed by atoms with Gasteiger partial charge in [0, 0.05) is 11.9 Å². The number of thiophene rings is 1. The van der Waals surface area contributed by atoms with Gasteiger partial charge in [0.1, 0.15) is 5.82 Å². The number of benzene rings is 1. The molecule has 2 nitrogen and oxygen atoms in total. The van der Waals surface area contributed by atoms with Gasteiger partial charge >= 0.3 is 0 Å². The predicted molar refractivity (Wildman–Crippen MR) is 76.0 cm³/mol. The number of carbonyl (C=O) groups excluding carboxylic acids is 1. The molecule has 1 amide bonds. The van der Waals surface area contributed by atoms with Crippen LogP contribution in [-0.2, 0) is 6.54 Å². The first-order valence-corrected chi connectivity index (χ1v) is 6.91. The molecule has 2 rings (SSSR count). The van der Waals surface area contributed by atoms with Gasteiger partial charge in [-0.15, -0.1) is 11.3 Å². The molecular formula is C15H16FNOS. The quantitative estimate of drug-likeness (QED) is 0.836. The Hall–Kier alpha value is -1.68. The molecule has 0 atom stereocenters. The molecule has 1 aromatic carbocycles. The number of rotatable bonds is 3. The summed E-state index contributed by atoms with van der Waals surface area (Å²) in [6.45, 7) is 4.37. The summed E-state index contributed by atoms with van der Waals surface area (Å²) in [6, 6.07) is 6.61. The zero-order chi connectivity index (χ0) is 14.0. The minimum atomic E-state index is -0.467. The lowest BCUT2D eigenvalue weighted by atomic mass is 10.1. The van der Waals surface area contributed by atoms with E-state index < -0.39 is 5.82 Å². The predicted octanol–water partition coefficient (Wildman–Crippen LogP) is 3.78. The van der Waals surface area contributed by atoms with E-state index in [-0.39, 0.29) is 11.5 Å². The second-order valence-electron chi connectivity index (χ2n) is 4.67. The molecule has 4 heteroatoms. The molecule has 0 aliphatic rings. The van der Waals surface area contributed by atoms with Crippen LogP contribution in [0, 0.1) is 19.7 Å². The maximum absolute atomic E-state index is 13.7. The molecule has 100 valence electrons. The van der Waals surface area contributed by atoms with Crippen LogP contribution in [0.3, 0.4) is 0 Å². The molecule has 0 aliphatic carbocycles. The summed E-state index contributed by atoms with van der Waals surface area (Å²) in [7, 11) is 1.70. The zero-order valence-electron chi connectivity index (χ0n) is 11.2. The standard InChI is InChI=1S/C15H16FNOS/c1-10-4-5-13(16)12(8-10)15(18)17(3)9-14-11(2)6-7-19-14/h4-8H,9H2,1-3H3. The van der Waals surface area contributed by atoms with E-state index in [1.807, 2.05) is 25.3 Å². The number of carbonyl (C=O) groups is 1. The first-order chi connectivity index (χ1) is 8.99. The highest BCUT2D eigenvalue weighted by atomic mass is 32.1. The summed E-state index contributed by atoms with van der Waals surface area (Å²) in [6.07, 6.45) is 0. The van der Waals surface area contributed by atoms with Gasteiger partial charge in [-0.05, 0) is 43.0 Å². The van der Waals surface area contributed by atoms with E-state index in [0.29, 0.717) is 6.54 Å². The fourth-order valence-electron chi connectivity index (χ4n) is 1.86. The van der Waals surface area contributed by atoms with Crippen LogP contribution in [0.15, 0.2) is 29.6 Å². The summed E-state index contributed by atoms with van der Waals surface area (Å²) in [4.78, 5) is 14.9. The Kier molecular flexibility index (Phi) is 4.00. The normalized spacial score (nSPS) is 10.5. The molecule has 0 unspecified atom stereocenters. The smallest absolute Gasteiger partial charge is 0.256 e. The third-order valence-corrected chi connectivity index (χ3v) is 4.06. The van der Waals surface area contributed by atoms with E-state index >= 15 is 0 Å². The summed E-state index contributed by atoms with van der Waals surface area (Å²) in [5.74, 6) is -0.751. The molecule has 0 saturated carbocycles. The van der Waals surface area contributed by atoms with Crippen LogP contribution in [0.2, 0.25) is 0 Å². The Bertz CT molecular complexity index is 606. The van der Waals surface area contributed by atoms with Crippen LogP contribution in [0.4, 0.5) is 4.39 Å². The average molecular weight is 277 g/mol. The van der Waals surface area contributed by atoms with Gasteiger partial charge in [-0.1, -0.05) is 11.6 Å². The van der Waals surface area contributed by atoms with E-state index in [9.17, 15) is 9.18 Å². The van der Waals surface area contributed by atoms with Crippen LogP contribution in [0.5, 0.6) is 0 Å². The van der Waals surface area contributed by atoms with Crippen molar-refractivity contribution >= 4 is 17.2 Å². The first-order valence-electron chi connectivity index (χ1n) is 6.03. The molecule has 0 spiro atoms. The van der Waals surface area contributed by atoms with Crippen molar-refractivity contribution in [2.45, 2.75) is 20.4 Å². The van der Waals surface area contributed by atoms with Gasteiger partial charge in [0.15, 0.2) is 0 Å². The van der Waals surface area contributed by atoms with Crippen molar-refractivity contribution in [3.63, 3.8) is 0 Å². The van der Waals surface area contributed by atoms with Crippen molar-refractivity contribution in [1.29, 1.82) is 0 Å². The second kappa shape index (κ2) is 5.53. The van der Waals surface area contributed by atoms with Crippen molar-refractivity contribution in [2.75, 3.05) is 7.05 Å². The summed E-state index contributed by atoms with van der Waals surface area (Å²) < 4.78 is 13.7. The Labute approximate surface area is 116 Å². The van der Waals surface area contributed by atoms with Crippen LogP contribution in [0.1, 0.15) is 26.4 Å². The lowest BCUT2D eigenvalue weighted by Gasteiger charge is -2.17. The molecule has 1 heterocycles. The van der Waals surface area contributed by atoms with Gasteiger partial charge < -0.3 is 4.90 Å². The van der Waals surface area contributed by atoms with Gasteiger partial charge in [0.05, 0.1) is 12.1 Å². The first kappa shape index (κ1) is 13.7. The molecule has 1 aromatic heterocycles. The lowest BCUT2D eigenvalue weighted by molar-refractivity contribution is 0.0781. The van der Waals surface area contributed by atoms with Crippen molar-refractivity contribution < 1.29 is 9.18 Å². The Morgan fingerprint density at radius 1 is 1.32 bits per heavy atom. The SMILES string of the molecule is Cc1ccc(F)c(C(=O)N(C)Cc2sccc2C)c1. The molecular weight excluding hydrogens is 261 g/mol. The molecule has 19 heavy (non-hydrogen) atoms. The number of aryl methyl sites for hydroxylation is 2. The largest absolute Gasteiger partial charge is 0.336 e. The number of amides is 1. The van der Waals surface area contributed by atoms with Crippen molar-refractivity contribution in [1.82, 2.24) is 4.90 Å². The third-order valence-electron chi connectivity index (χ3n) is 3.05. The van der Waals surface area contributed by atoms with E-state index in [4.69, 9.17) is 0 Å². The molecule has 0 bridgehead atoms. The van der Waals surface area contributed by atoms with Crippen LogP contribution in [-0.4, -0.2) is 17.9 Å². The molecule has 0 saturated heterocycles. The molecule has 0 N–H and O–H groups in total. The van der Waals surface area contributed by atoms with Gasteiger partial charge in [-0.25, -0.2) is 4.39 Å². The molecule has 2 aromatic rings. The molecule has 0 aliphatic heterocycles. The highest BCUT2D eigenvalue weighted by molar-refractivity contribution is 7.10. The molecule has 0 fully saturated rings. The monoisotopic (exact) mass is 277 g/mol. The minimum Gasteiger partial charge on any atom is -0.336 e. The van der Waals surface area contributed by atoms with E-state index in [1.165, 1.54) is 6.07 Å². The van der Waals surface area contributed by atoms with Crippen LogP contribution < -0.4 is 0 Å². The highest BCUT2D eigenvalue weighted by Gasteiger charge is 2.17. The van der Waals surface area contributed by atoms with Crippen molar-refractivity contribution in [3.8, 4) is 0 Å². The fourth-order valence-corrected chi connectivity index (χ4v) is 2.82. The van der Waals surface area contributed by atoms with Gasteiger partial charge in [0.2, 0.25) is 0 Å². The van der Waals surface area contributed by atoms with Gasteiger partial charge in [-0.3, -0.25) is 4.79 Å². The summed E-state index contributed by atoms with van der Waals surface area (Å²) in [5.41, 5.74) is 2.18. The number of hydrogen-bond acceptors (Lipinski definition) is 2. The van der Waals surface area contributed by atoms with Crippen molar-refractivity contribution in [3.05, 3.63) is 57.0 Å². The maximum atomic E-state index is 13.7. The van der Waals surface area contributed by atoms with Crippen LogP contribution in [0.25, 0.3) is 0 Å². The zero-order valence-corrected chi connectivity index (χ0v) is 12.1. The van der Waals surface area contributed by atoms with E-state index in [0.717, 1.165) is 16.0 Å². The average Bonchev–Trinajstić information content (AvgIpc) is 2.77. The van der Waals surface area contributed by atoms with Crippen molar-refractivity contribution in [2.24, 2.45) is 0 Å². The summed E-state index contributed by atoms with van der Waals surface area (Å²) in [5, 5.41) is 2.00. The van der Waals surface area contributed by atoms with Gasteiger partial charge in [-0.2, -0.15) is 0 Å². The Balaban J connectivity index is 2.19. The lowest BCUT2D eigenvalue weighted by Crippen LogP contribution is -2.27. The minimum absolute atomic E-state index is 0.136. The maximum Gasteiger partial charge on any atom is 0.256 e. The highest BCUT2D eigenvalue weighted by Crippen LogP contribution is 2.19. The Morgan fingerprint density at radius 2 is 2.05 bits per heavy atom. The van der Waals surface area contributed by atoms with E-state index in [1.54, 1.807) is 35.4 Å². The topological polar surface area (TPSA) is 20.3 Å².